The third kappa shape index (κ3) is 5.33. The van der Waals surface area contributed by atoms with E-state index in [2.05, 4.69) is 34.3 Å². The van der Waals surface area contributed by atoms with Gasteiger partial charge in [0.2, 0.25) is 0 Å². The van der Waals surface area contributed by atoms with Crippen LogP contribution in [-0.4, -0.2) is 46.0 Å². The Morgan fingerprint density at radius 2 is 2.07 bits per heavy atom. The molecule has 150 valence electrons. The Hall–Kier alpha value is -1.37. The average Bonchev–Trinajstić information content (AvgIpc) is 3.18. The third-order valence-corrected chi connectivity index (χ3v) is 5.83. The van der Waals surface area contributed by atoms with Crippen LogP contribution in [0.4, 0.5) is 0 Å². The highest BCUT2D eigenvalue weighted by molar-refractivity contribution is 6.30. The molecule has 3 heterocycles. The normalized spacial score (nSPS) is 16.5. The van der Waals surface area contributed by atoms with E-state index in [1.54, 1.807) is 4.68 Å². The van der Waals surface area contributed by atoms with Crippen molar-refractivity contribution in [3.05, 3.63) is 22.5 Å². The lowest BCUT2D eigenvalue weighted by molar-refractivity contribution is 0.175. The van der Waals surface area contributed by atoms with Gasteiger partial charge >= 0.3 is 0 Å². The van der Waals surface area contributed by atoms with E-state index in [0.717, 1.165) is 67.3 Å². The number of hydrogen-bond acceptors (Lipinski definition) is 5. The van der Waals surface area contributed by atoms with Gasteiger partial charge in [0.1, 0.15) is 22.3 Å². The second-order valence-corrected chi connectivity index (χ2v) is 8.53. The fraction of sp³-hybridized carbons (Fsp3) is 0.700. The van der Waals surface area contributed by atoms with Gasteiger partial charge in [-0.1, -0.05) is 30.6 Å². The molecule has 2 aromatic rings. The van der Waals surface area contributed by atoms with Crippen LogP contribution in [0.3, 0.4) is 0 Å². The number of likely N-dealkylation sites (tertiary alicyclic amines) is 1. The molecule has 1 aliphatic rings. The van der Waals surface area contributed by atoms with Crippen LogP contribution >= 0.6 is 11.6 Å². The molecule has 1 saturated heterocycles. The standard InChI is InChI=1S/C20H32ClN5O/c1-14(2)5-8-22-12-16-6-9-26(10-7-16)13-17-19(23-25(4)20(17)21)18-11-15(3)27-24-18/h11,14,16,22H,5-10,12-13H2,1-4H3. The highest BCUT2D eigenvalue weighted by atomic mass is 35.5. The van der Waals surface area contributed by atoms with Crippen molar-refractivity contribution < 1.29 is 4.52 Å². The van der Waals surface area contributed by atoms with Crippen LogP contribution in [-0.2, 0) is 13.6 Å². The lowest BCUT2D eigenvalue weighted by Gasteiger charge is -2.32. The quantitative estimate of drug-likeness (QED) is 0.689. The van der Waals surface area contributed by atoms with E-state index in [-0.39, 0.29) is 0 Å². The molecule has 0 radical (unpaired) electrons. The Morgan fingerprint density at radius 3 is 2.70 bits per heavy atom. The Bertz CT molecular complexity index is 731. The second kappa shape index (κ2) is 9.22. The van der Waals surface area contributed by atoms with Crippen molar-refractivity contribution in [1.29, 1.82) is 0 Å². The van der Waals surface area contributed by atoms with E-state index in [0.29, 0.717) is 5.15 Å². The van der Waals surface area contributed by atoms with E-state index in [9.17, 15) is 0 Å². The van der Waals surface area contributed by atoms with Crippen LogP contribution in [0, 0.1) is 18.8 Å². The fourth-order valence-electron chi connectivity index (χ4n) is 3.64. The molecule has 0 aromatic carbocycles. The minimum absolute atomic E-state index is 0.683. The lowest BCUT2D eigenvalue weighted by atomic mass is 9.96. The third-order valence-electron chi connectivity index (χ3n) is 5.36. The summed E-state index contributed by atoms with van der Waals surface area (Å²) in [4.78, 5) is 2.48. The Labute approximate surface area is 167 Å². The number of aryl methyl sites for hydroxylation is 2. The fourth-order valence-corrected chi connectivity index (χ4v) is 3.83. The van der Waals surface area contributed by atoms with Crippen molar-refractivity contribution in [2.45, 2.75) is 46.6 Å². The number of piperidine rings is 1. The SMILES string of the molecule is Cc1cc(-c2nn(C)c(Cl)c2CN2CCC(CNCCC(C)C)CC2)no1. The molecule has 1 fully saturated rings. The zero-order valence-corrected chi connectivity index (χ0v) is 17.7. The summed E-state index contributed by atoms with van der Waals surface area (Å²) in [6.45, 7) is 11.7. The van der Waals surface area contributed by atoms with Gasteiger partial charge in [0, 0.05) is 25.2 Å². The van der Waals surface area contributed by atoms with Gasteiger partial charge in [-0.15, -0.1) is 0 Å². The first kappa shape index (κ1) is 20.4. The van der Waals surface area contributed by atoms with Gasteiger partial charge in [-0.3, -0.25) is 9.58 Å². The Kier molecular flexibility index (Phi) is 6.95. The first-order valence-electron chi connectivity index (χ1n) is 10.0. The summed E-state index contributed by atoms with van der Waals surface area (Å²) in [7, 11) is 1.87. The van der Waals surface area contributed by atoms with Crippen LogP contribution in [0.5, 0.6) is 0 Å². The molecule has 0 unspecified atom stereocenters. The second-order valence-electron chi connectivity index (χ2n) is 8.17. The van der Waals surface area contributed by atoms with Crippen molar-refractivity contribution in [3.63, 3.8) is 0 Å². The summed E-state index contributed by atoms with van der Waals surface area (Å²) >= 11 is 6.53. The summed E-state index contributed by atoms with van der Waals surface area (Å²) in [5, 5.41) is 13.0. The van der Waals surface area contributed by atoms with Gasteiger partial charge in [-0.25, -0.2) is 0 Å². The van der Waals surface area contributed by atoms with E-state index in [4.69, 9.17) is 16.1 Å². The monoisotopic (exact) mass is 393 g/mol. The molecule has 0 atom stereocenters. The molecule has 6 nitrogen and oxygen atoms in total. The first-order valence-corrected chi connectivity index (χ1v) is 10.4. The summed E-state index contributed by atoms with van der Waals surface area (Å²) in [6, 6.07) is 1.91. The van der Waals surface area contributed by atoms with Gasteiger partial charge in [-0.2, -0.15) is 5.10 Å². The Morgan fingerprint density at radius 1 is 1.33 bits per heavy atom. The average molecular weight is 394 g/mol. The molecule has 7 heteroatoms. The molecule has 0 saturated carbocycles. The lowest BCUT2D eigenvalue weighted by Crippen LogP contribution is -2.37. The van der Waals surface area contributed by atoms with E-state index in [1.807, 2.05) is 20.0 Å². The topological polar surface area (TPSA) is 59.1 Å². The molecule has 2 aromatic heterocycles. The van der Waals surface area contributed by atoms with Gasteiger partial charge in [0.05, 0.1) is 0 Å². The zero-order chi connectivity index (χ0) is 19.4. The van der Waals surface area contributed by atoms with Crippen molar-refractivity contribution in [2.24, 2.45) is 18.9 Å². The van der Waals surface area contributed by atoms with E-state index >= 15 is 0 Å². The number of hydrogen-bond donors (Lipinski definition) is 1. The summed E-state index contributed by atoms with van der Waals surface area (Å²) in [5.74, 6) is 2.32. The number of rotatable bonds is 8. The molecular formula is C20H32ClN5O. The highest BCUT2D eigenvalue weighted by Gasteiger charge is 2.24. The molecular weight excluding hydrogens is 362 g/mol. The van der Waals surface area contributed by atoms with Gasteiger partial charge in [0.25, 0.3) is 0 Å². The molecule has 1 aliphatic heterocycles. The molecule has 1 N–H and O–H groups in total. The number of aromatic nitrogens is 3. The maximum absolute atomic E-state index is 6.53. The largest absolute Gasteiger partial charge is 0.361 e. The van der Waals surface area contributed by atoms with E-state index < -0.39 is 0 Å². The van der Waals surface area contributed by atoms with Gasteiger partial charge < -0.3 is 9.84 Å². The highest BCUT2D eigenvalue weighted by Crippen LogP contribution is 2.30. The van der Waals surface area contributed by atoms with Crippen molar-refractivity contribution in [2.75, 3.05) is 26.2 Å². The molecule has 0 bridgehead atoms. The smallest absolute Gasteiger partial charge is 0.134 e. The van der Waals surface area contributed by atoms with Crippen molar-refractivity contribution in [1.82, 2.24) is 25.2 Å². The maximum Gasteiger partial charge on any atom is 0.134 e. The van der Waals surface area contributed by atoms with Crippen LogP contribution in [0.15, 0.2) is 10.6 Å². The van der Waals surface area contributed by atoms with Gasteiger partial charge in [-0.05, 0) is 64.2 Å². The summed E-state index contributed by atoms with van der Waals surface area (Å²) in [5.41, 5.74) is 2.63. The maximum atomic E-state index is 6.53. The van der Waals surface area contributed by atoms with Crippen molar-refractivity contribution in [3.8, 4) is 11.4 Å². The van der Waals surface area contributed by atoms with Crippen LogP contribution in [0.2, 0.25) is 5.15 Å². The van der Waals surface area contributed by atoms with Gasteiger partial charge in [0.15, 0.2) is 0 Å². The molecule has 27 heavy (non-hydrogen) atoms. The first-order chi connectivity index (χ1) is 12.9. The van der Waals surface area contributed by atoms with E-state index in [1.165, 1.54) is 19.3 Å². The molecule has 0 amide bonds. The molecule has 0 spiro atoms. The molecule has 3 rings (SSSR count). The summed E-state index contributed by atoms with van der Waals surface area (Å²) < 4.78 is 6.95. The van der Waals surface area contributed by atoms with Crippen LogP contribution in [0.25, 0.3) is 11.4 Å². The predicted molar refractivity (Wildman–Crippen MR) is 109 cm³/mol. The Balaban J connectivity index is 1.55. The zero-order valence-electron chi connectivity index (χ0n) is 17.0. The number of halogens is 1. The van der Waals surface area contributed by atoms with Crippen molar-refractivity contribution >= 4 is 11.6 Å². The predicted octanol–water partition coefficient (Wildman–Crippen LogP) is 3.88. The summed E-state index contributed by atoms with van der Waals surface area (Å²) in [6.07, 6.45) is 3.71. The minimum atomic E-state index is 0.683. The van der Waals surface area contributed by atoms with Crippen LogP contribution in [0.1, 0.15) is 44.4 Å². The number of nitrogens with zero attached hydrogens (tertiary/aromatic N) is 4. The number of nitrogens with one attached hydrogen (secondary N) is 1. The molecule has 0 aliphatic carbocycles. The van der Waals surface area contributed by atoms with Crippen LogP contribution < -0.4 is 5.32 Å². The minimum Gasteiger partial charge on any atom is -0.361 e.